The highest BCUT2D eigenvalue weighted by atomic mass is 19.4. The molecule has 3 amide bonds. The third-order valence-corrected chi connectivity index (χ3v) is 12.0. The zero-order valence-corrected chi connectivity index (χ0v) is 29.3. The molecule has 53 heavy (non-hydrogen) atoms. The van der Waals surface area contributed by atoms with E-state index in [1.54, 1.807) is 13.1 Å². The molecule has 0 bridgehead atoms. The second kappa shape index (κ2) is 13.8. The number of aliphatic hydroxyl groups is 1. The Morgan fingerprint density at radius 1 is 1.11 bits per heavy atom. The average Bonchev–Trinajstić information content (AvgIpc) is 4.04. The van der Waals surface area contributed by atoms with E-state index in [-0.39, 0.29) is 52.9 Å². The number of alkyl halides is 3. The quantitative estimate of drug-likeness (QED) is 0.312. The van der Waals surface area contributed by atoms with Crippen molar-refractivity contribution in [1.82, 2.24) is 24.9 Å². The molecular weight excluding hydrogens is 704 g/mol. The number of likely N-dealkylation sites (tertiary alicyclic amines) is 1. The first-order valence-electron chi connectivity index (χ1n) is 18.4. The van der Waals surface area contributed by atoms with Crippen LogP contribution in [0.25, 0.3) is 0 Å². The molecule has 3 unspecified atom stereocenters. The Kier molecular flexibility index (Phi) is 9.43. The van der Waals surface area contributed by atoms with Crippen LogP contribution in [-0.4, -0.2) is 118 Å². The van der Waals surface area contributed by atoms with Crippen LogP contribution in [-0.2, 0) is 26.1 Å². The molecule has 1 aromatic heterocycles. The van der Waals surface area contributed by atoms with E-state index < -0.39 is 72.8 Å². The number of rotatable bonds is 10. The van der Waals surface area contributed by atoms with Crippen molar-refractivity contribution >= 4 is 23.4 Å². The Labute approximate surface area is 303 Å². The predicted octanol–water partition coefficient (Wildman–Crippen LogP) is 2.94. The molecule has 17 heteroatoms. The summed E-state index contributed by atoms with van der Waals surface area (Å²) in [6.45, 7) is 0.650. The molecule has 3 saturated heterocycles. The molecule has 2 saturated carbocycles. The van der Waals surface area contributed by atoms with Crippen molar-refractivity contribution in [2.24, 2.45) is 24.8 Å². The number of piperidine rings is 1. The molecule has 8 rings (SSSR count). The molecule has 5 fully saturated rings. The first-order chi connectivity index (χ1) is 25.3. The number of carbonyl (C=O) groups excluding carboxylic acids is 3. The van der Waals surface area contributed by atoms with Gasteiger partial charge in [-0.05, 0) is 68.4 Å². The monoisotopic (exact) mass is 748 g/mol. The molecular formula is C36H44F4N6O7. The predicted molar refractivity (Wildman–Crippen MR) is 178 cm³/mol. The molecule has 2 aromatic rings. The number of hydrogen-bond acceptors (Lipinski definition) is 9. The second-order valence-electron chi connectivity index (χ2n) is 15.5. The van der Waals surface area contributed by atoms with Gasteiger partial charge in [0.05, 0.1) is 44.1 Å². The Morgan fingerprint density at radius 3 is 2.38 bits per heavy atom. The topological polar surface area (TPSA) is 147 Å². The summed E-state index contributed by atoms with van der Waals surface area (Å²) >= 11 is 0. The molecule has 1 aromatic carbocycles. The van der Waals surface area contributed by atoms with Crippen LogP contribution in [0.2, 0.25) is 0 Å². The average molecular weight is 749 g/mol. The van der Waals surface area contributed by atoms with E-state index in [0.717, 1.165) is 36.6 Å². The van der Waals surface area contributed by atoms with Crippen LogP contribution >= 0.6 is 0 Å². The minimum atomic E-state index is -4.82. The molecule has 13 nitrogen and oxygen atoms in total. The molecule has 288 valence electrons. The van der Waals surface area contributed by atoms with Crippen LogP contribution in [0, 0.1) is 23.6 Å². The highest BCUT2D eigenvalue weighted by Crippen LogP contribution is 2.52. The number of aliphatic hydroxyl groups excluding tert-OH is 1. The van der Waals surface area contributed by atoms with Gasteiger partial charge in [0.2, 0.25) is 5.91 Å². The van der Waals surface area contributed by atoms with Crippen LogP contribution in [0.3, 0.4) is 0 Å². The summed E-state index contributed by atoms with van der Waals surface area (Å²) in [5.74, 6) is -2.30. The van der Waals surface area contributed by atoms with Gasteiger partial charge in [0.15, 0.2) is 12.2 Å². The van der Waals surface area contributed by atoms with Crippen molar-refractivity contribution < 1.29 is 51.3 Å². The Balaban J connectivity index is 1.11. The van der Waals surface area contributed by atoms with E-state index in [1.165, 1.54) is 16.9 Å². The number of anilines is 1. The SMILES string of the molecule is Cn1nccc1C(=O)N[C@H](C(=O)Nc1cc2c(cc1F)C(N1CC(C(F)(F)F)OC(CO)C1=O)CC1(CCN(C3COC3)CC1)O2)C(C1CC1)C1CC1. The van der Waals surface area contributed by atoms with Crippen molar-refractivity contribution in [2.45, 2.75) is 87.1 Å². The first-order valence-corrected chi connectivity index (χ1v) is 18.4. The standard InChI is InChI=1S/C36H44F4N6O7/c1-44-25(6-9-41-44)32(48)43-31(30(19-2-3-19)20-4-5-20)33(49)42-24-13-27-22(12-23(24)37)26(46-15-29(36(38,39)40)52-28(16-47)34(46)50)14-35(53-27)7-10-45(11-8-35)21-17-51-18-21/h6,9,12-13,19-21,26,28-31,47H,2-5,7-8,10-11,14-18H2,1H3,(H,42,49)(H,43,48)/t26?,28?,29?,31-/m0/s1. The summed E-state index contributed by atoms with van der Waals surface area (Å²) in [7, 11) is 1.62. The molecule has 1 spiro atoms. The third-order valence-electron chi connectivity index (χ3n) is 12.0. The number of benzene rings is 1. The summed E-state index contributed by atoms with van der Waals surface area (Å²) < 4.78 is 76.8. The van der Waals surface area contributed by atoms with Gasteiger partial charge in [0.1, 0.15) is 28.9 Å². The fraction of sp³-hybridized carbons (Fsp3) is 0.667. The van der Waals surface area contributed by atoms with Gasteiger partial charge in [0, 0.05) is 44.4 Å². The number of carbonyl (C=O) groups is 3. The van der Waals surface area contributed by atoms with E-state index >= 15 is 4.39 Å². The van der Waals surface area contributed by atoms with Crippen LogP contribution in [0.1, 0.15) is 67.0 Å². The summed E-state index contributed by atoms with van der Waals surface area (Å²) in [4.78, 5) is 44.4. The lowest BCUT2D eigenvalue weighted by atomic mass is 9.79. The molecule has 2 aliphatic carbocycles. The van der Waals surface area contributed by atoms with Gasteiger partial charge in [-0.3, -0.25) is 24.0 Å². The molecule has 5 heterocycles. The zero-order chi connectivity index (χ0) is 37.2. The summed E-state index contributed by atoms with van der Waals surface area (Å²) in [6, 6.07) is 2.24. The number of ether oxygens (including phenoxy) is 3. The van der Waals surface area contributed by atoms with Crippen molar-refractivity contribution in [3.05, 3.63) is 41.5 Å². The lowest BCUT2D eigenvalue weighted by Gasteiger charge is -2.52. The van der Waals surface area contributed by atoms with Gasteiger partial charge in [-0.1, -0.05) is 0 Å². The maximum Gasteiger partial charge on any atom is 0.416 e. The molecule has 4 atom stereocenters. The van der Waals surface area contributed by atoms with Crippen LogP contribution in [0.15, 0.2) is 24.4 Å². The fourth-order valence-corrected chi connectivity index (χ4v) is 8.65. The number of amides is 3. The van der Waals surface area contributed by atoms with E-state index in [0.29, 0.717) is 39.1 Å². The van der Waals surface area contributed by atoms with Crippen molar-refractivity contribution in [3.8, 4) is 5.75 Å². The molecule has 4 aliphatic heterocycles. The number of aryl methyl sites for hydroxylation is 1. The van der Waals surface area contributed by atoms with E-state index in [4.69, 9.17) is 14.2 Å². The normalized spacial score (nSPS) is 26.9. The maximum absolute atomic E-state index is 16.2. The number of nitrogens with zero attached hydrogens (tertiary/aromatic N) is 4. The maximum atomic E-state index is 16.2. The summed E-state index contributed by atoms with van der Waals surface area (Å²) in [6.07, 6.45) is -2.68. The van der Waals surface area contributed by atoms with Crippen molar-refractivity contribution in [2.75, 3.05) is 44.8 Å². The number of aromatic nitrogens is 2. The second-order valence-corrected chi connectivity index (χ2v) is 15.5. The van der Waals surface area contributed by atoms with Crippen LogP contribution in [0.5, 0.6) is 5.75 Å². The third kappa shape index (κ3) is 7.12. The van der Waals surface area contributed by atoms with Gasteiger partial charge in [-0.15, -0.1) is 0 Å². The highest BCUT2D eigenvalue weighted by Gasteiger charge is 2.54. The first kappa shape index (κ1) is 36.2. The summed E-state index contributed by atoms with van der Waals surface area (Å²) in [5.41, 5.74) is -0.707. The number of nitrogens with one attached hydrogen (secondary N) is 2. The molecule has 3 N–H and O–H groups in total. The number of morpholine rings is 1. The minimum absolute atomic E-state index is 0.0984. The van der Waals surface area contributed by atoms with E-state index in [1.807, 2.05) is 0 Å². The zero-order valence-electron chi connectivity index (χ0n) is 29.3. The summed E-state index contributed by atoms with van der Waals surface area (Å²) in [5, 5.41) is 19.5. The minimum Gasteiger partial charge on any atom is -0.487 e. The van der Waals surface area contributed by atoms with Crippen molar-refractivity contribution in [1.29, 1.82) is 0 Å². The van der Waals surface area contributed by atoms with Crippen LogP contribution in [0.4, 0.5) is 23.2 Å². The van der Waals surface area contributed by atoms with Crippen LogP contribution < -0.4 is 15.4 Å². The fourth-order valence-electron chi connectivity index (χ4n) is 8.65. The number of hydrogen-bond donors (Lipinski definition) is 3. The van der Waals surface area contributed by atoms with E-state index in [9.17, 15) is 32.7 Å². The van der Waals surface area contributed by atoms with Crippen molar-refractivity contribution in [3.63, 3.8) is 0 Å². The van der Waals surface area contributed by atoms with Gasteiger partial charge in [-0.2, -0.15) is 18.3 Å². The van der Waals surface area contributed by atoms with Gasteiger partial charge < -0.3 is 34.9 Å². The lowest BCUT2D eigenvalue weighted by molar-refractivity contribution is -0.255. The van der Waals surface area contributed by atoms with Gasteiger partial charge in [0.25, 0.3) is 11.8 Å². The Hall–Kier alpha value is -3.80. The Bertz CT molecular complexity index is 1720. The van der Waals surface area contributed by atoms with Gasteiger partial charge in [-0.25, -0.2) is 4.39 Å². The largest absolute Gasteiger partial charge is 0.487 e. The lowest BCUT2D eigenvalue weighted by Crippen LogP contribution is -2.61. The number of halogens is 4. The molecule has 0 radical (unpaired) electrons. The number of fused-ring (bicyclic) bond motifs is 1. The van der Waals surface area contributed by atoms with Gasteiger partial charge >= 0.3 is 6.18 Å². The smallest absolute Gasteiger partial charge is 0.416 e. The Morgan fingerprint density at radius 2 is 1.81 bits per heavy atom. The molecule has 6 aliphatic rings. The van der Waals surface area contributed by atoms with E-state index in [2.05, 4.69) is 20.6 Å². The highest BCUT2D eigenvalue weighted by molar-refractivity contribution is 6.01.